The molecule has 0 aliphatic heterocycles. The SMILES string of the molecule is Cc1ccccc1C(=O)COc1ccc(C(C)C)c(C)c1. The van der Waals surface area contributed by atoms with Gasteiger partial charge in [-0.3, -0.25) is 4.79 Å². The van der Waals surface area contributed by atoms with Crippen molar-refractivity contribution in [2.45, 2.75) is 33.6 Å². The first-order valence-electron chi connectivity index (χ1n) is 7.31. The molecule has 0 aromatic heterocycles. The normalized spacial score (nSPS) is 10.7. The van der Waals surface area contributed by atoms with Crippen molar-refractivity contribution in [1.29, 1.82) is 0 Å². The van der Waals surface area contributed by atoms with Gasteiger partial charge in [-0.2, -0.15) is 0 Å². The minimum atomic E-state index is 0.0127. The number of carbonyl (C=O) groups excluding carboxylic acids is 1. The van der Waals surface area contributed by atoms with Gasteiger partial charge in [0.2, 0.25) is 0 Å². The van der Waals surface area contributed by atoms with Crippen LogP contribution < -0.4 is 4.74 Å². The molecule has 0 heterocycles. The highest BCUT2D eigenvalue weighted by Gasteiger charge is 2.10. The van der Waals surface area contributed by atoms with Gasteiger partial charge >= 0.3 is 0 Å². The summed E-state index contributed by atoms with van der Waals surface area (Å²) < 4.78 is 5.64. The summed E-state index contributed by atoms with van der Waals surface area (Å²) in [7, 11) is 0. The smallest absolute Gasteiger partial charge is 0.200 e. The van der Waals surface area contributed by atoms with Crippen molar-refractivity contribution < 1.29 is 9.53 Å². The molecule has 0 unspecified atom stereocenters. The Bertz CT molecular complexity index is 642. The highest BCUT2D eigenvalue weighted by molar-refractivity contribution is 5.98. The third-order valence-electron chi connectivity index (χ3n) is 3.68. The van der Waals surface area contributed by atoms with Crippen molar-refractivity contribution >= 4 is 5.78 Å². The third-order valence-corrected chi connectivity index (χ3v) is 3.68. The van der Waals surface area contributed by atoms with E-state index in [4.69, 9.17) is 4.74 Å². The number of rotatable bonds is 5. The van der Waals surface area contributed by atoms with Crippen LogP contribution in [-0.2, 0) is 0 Å². The van der Waals surface area contributed by atoms with E-state index >= 15 is 0 Å². The molecular formula is C19H22O2. The first-order valence-corrected chi connectivity index (χ1v) is 7.31. The van der Waals surface area contributed by atoms with Crippen molar-refractivity contribution in [3.63, 3.8) is 0 Å². The molecule has 0 atom stereocenters. The van der Waals surface area contributed by atoms with Crippen LogP contribution in [0.5, 0.6) is 5.75 Å². The lowest BCUT2D eigenvalue weighted by molar-refractivity contribution is 0.0921. The highest BCUT2D eigenvalue weighted by Crippen LogP contribution is 2.23. The molecule has 0 saturated carbocycles. The molecule has 2 rings (SSSR count). The molecule has 21 heavy (non-hydrogen) atoms. The van der Waals surface area contributed by atoms with Gasteiger partial charge in [0, 0.05) is 5.56 Å². The lowest BCUT2D eigenvalue weighted by Gasteiger charge is -2.12. The molecule has 2 nitrogen and oxygen atoms in total. The van der Waals surface area contributed by atoms with E-state index < -0.39 is 0 Å². The molecule has 2 aromatic rings. The summed E-state index contributed by atoms with van der Waals surface area (Å²) in [4.78, 5) is 12.2. The Morgan fingerprint density at radius 1 is 1.05 bits per heavy atom. The predicted octanol–water partition coefficient (Wildman–Crippen LogP) is 4.69. The summed E-state index contributed by atoms with van der Waals surface area (Å²) in [6.07, 6.45) is 0. The van der Waals surface area contributed by atoms with E-state index in [1.165, 1.54) is 11.1 Å². The van der Waals surface area contributed by atoms with Gasteiger partial charge in [0.25, 0.3) is 0 Å². The fourth-order valence-corrected chi connectivity index (χ4v) is 2.50. The number of ketones is 1. The molecular weight excluding hydrogens is 260 g/mol. The van der Waals surface area contributed by atoms with Crippen LogP contribution in [-0.4, -0.2) is 12.4 Å². The summed E-state index contributed by atoms with van der Waals surface area (Å²) >= 11 is 0. The Morgan fingerprint density at radius 2 is 1.76 bits per heavy atom. The number of aryl methyl sites for hydroxylation is 2. The maximum Gasteiger partial charge on any atom is 0.200 e. The second kappa shape index (κ2) is 6.57. The monoisotopic (exact) mass is 282 g/mol. The lowest BCUT2D eigenvalue weighted by atomic mass is 9.98. The summed E-state index contributed by atoms with van der Waals surface area (Å²) in [5.41, 5.74) is 4.23. The Morgan fingerprint density at radius 3 is 2.38 bits per heavy atom. The van der Waals surface area contributed by atoms with Gasteiger partial charge < -0.3 is 4.74 Å². The fourth-order valence-electron chi connectivity index (χ4n) is 2.50. The minimum Gasteiger partial charge on any atom is -0.485 e. The molecule has 0 aliphatic carbocycles. The second-order valence-electron chi connectivity index (χ2n) is 5.70. The molecule has 0 aliphatic rings. The van der Waals surface area contributed by atoms with Gasteiger partial charge in [-0.25, -0.2) is 0 Å². The summed E-state index contributed by atoms with van der Waals surface area (Å²) in [5, 5.41) is 0. The van der Waals surface area contributed by atoms with Gasteiger partial charge in [0.05, 0.1) is 0 Å². The zero-order chi connectivity index (χ0) is 15.4. The first kappa shape index (κ1) is 15.3. The van der Waals surface area contributed by atoms with Crippen LogP contribution in [0, 0.1) is 13.8 Å². The number of ether oxygens (including phenoxy) is 1. The van der Waals surface area contributed by atoms with E-state index in [9.17, 15) is 4.79 Å². The lowest BCUT2D eigenvalue weighted by Crippen LogP contribution is -2.13. The van der Waals surface area contributed by atoms with E-state index in [-0.39, 0.29) is 12.4 Å². The Labute approximate surface area is 126 Å². The molecule has 2 aromatic carbocycles. The molecule has 0 fully saturated rings. The summed E-state index contributed by atoms with van der Waals surface area (Å²) in [6.45, 7) is 8.43. The largest absolute Gasteiger partial charge is 0.485 e. The number of carbonyl (C=O) groups is 1. The molecule has 0 amide bonds. The van der Waals surface area contributed by atoms with Crippen LogP contribution in [0.25, 0.3) is 0 Å². The Balaban J connectivity index is 2.05. The van der Waals surface area contributed by atoms with Crippen LogP contribution >= 0.6 is 0 Å². The van der Waals surface area contributed by atoms with E-state index in [0.717, 1.165) is 16.9 Å². The van der Waals surface area contributed by atoms with Crippen molar-refractivity contribution in [2.24, 2.45) is 0 Å². The minimum absolute atomic E-state index is 0.0127. The molecule has 110 valence electrons. The topological polar surface area (TPSA) is 26.3 Å². The molecule has 0 bridgehead atoms. The van der Waals surface area contributed by atoms with Gasteiger partial charge in [-0.15, -0.1) is 0 Å². The average molecular weight is 282 g/mol. The van der Waals surface area contributed by atoms with Crippen LogP contribution in [0.4, 0.5) is 0 Å². The molecule has 0 spiro atoms. The third kappa shape index (κ3) is 3.72. The molecule has 0 radical (unpaired) electrons. The van der Waals surface area contributed by atoms with E-state index in [2.05, 4.69) is 26.8 Å². The maximum atomic E-state index is 12.2. The number of Topliss-reactive ketones (excluding diaryl/α,β-unsaturated/α-hetero) is 1. The maximum absolute atomic E-state index is 12.2. The summed E-state index contributed by atoms with van der Waals surface area (Å²) in [6, 6.07) is 13.6. The zero-order valence-electron chi connectivity index (χ0n) is 13.1. The number of hydrogen-bond donors (Lipinski definition) is 0. The standard InChI is InChI=1S/C19H22O2/c1-13(2)17-10-9-16(11-15(17)4)21-12-19(20)18-8-6-5-7-14(18)3/h5-11,13H,12H2,1-4H3. The van der Waals surface area contributed by atoms with Crippen LogP contribution in [0.1, 0.15) is 46.8 Å². The average Bonchev–Trinajstić information content (AvgIpc) is 2.45. The van der Waals surface area contributed by atoms with Crippen LogP contribution in [0.3, 0.4) is 0 Å². The Hall–Kier alpha value is -2.09. The van der Waals surface area contributed by atoms with E-state index in [1.807, 2.05) is 43.3 Å². The second-order valence-corrected chi connectivity index (χ2v) is 5.70. The number of benzene rings is 2. The van der Waals surface area contributed by atoms with Crippen molar-refractivity contribution in [3.05, 3.63) is 64.7 Å². The van der Waals surface area contributed by atoms with E-state index in [0.29, 0.717) is 5.92 Å². The van der Waals surface area contributed by atoms with Gasteiger partial charge in [-0.05, 0) is 48.6 Å². The molecule has 0 N–H and O–H groups in total. The predicted molar refractivity (Wildman–Crippen MR) is 86.3 cm³/mol. The van der Waals surface area contributed by atoms with Crippen molar-refractivity contribution in [2.75, 3.05) is 6.61 Å². The van der Waals surface area contributed by atoms with Crippen LogP contribution in [0.15, 0.2) is 42.5 Å². The first-order chi connectivity index (χ1) is 9.99. The zero-order valence-corrected chi connectivity index (χ0v) is 13.1. The Kier molecular flexibility index (Phi) is 4.79. The molecule has 2 heteroatoms. The van der Waals surface area contributed by atoms with Gasteiger partial charge in [0.15, 0.2) is 12.4 Å². The molecule has 0 saturated heterocycles. The highest BCUT2D eigenvalue weighted by atomic mass is 16.5. The van der Waals surface area contributed by atoms with Gasteiger partial charge in [-0.1, -0.05) is 44.2 Å². The number of hydrogen-bond acceptors (Lipinski definition) is 2. The fraction of sp³-hybridized carbons (Fsp3) is 0.316. The van der Waals surface area contributed by atoms with Crippen LogP contribution in [0.2, 0.25) is 0 Å². The summed E-state index contributed by atoms with van der Waals surface area (Å²) in [5.74, 6) is 1.25. The van der Waals surface area contributed by atoms with Crippen molar-refractivity contribution in [1.82, 2.24) is 0 Å². The van der Waals surface area contributed by atoms with Crippen molar-refractivity contribution in [3.8, 4) is 5.75 Å². The quantitative estimate of drug-likeness (QED) is 0.744. The van der Waals surface area contributed by atoms with Gasteiger partial charge in [0.1, 0.15) is 5.75 Å². The van der Waals surface area contributed by atoms with E-state index in [1.54, 1.807) is 0 Å².